The highest BCUT2D eigenvalue weighted by molar-refractivity contribution is 7.09. The summed E-state index contributed by atoms with van der Waals surface area (Å²) >= 11 is 1.54. The number of Topliss-reactive ketones (excluding diaryl/α,β-unsaturated/α-hetero) is 1. The number of hydrogen-bond acceptors (Lipinski definition) is 9. The van der Waals surface area contributed by atoms with Crippen molar-refractivity contribution in [2.24, 2.45) is 5.73 Å². The molecule has 0 fully saturated rings. The second kappa shape index (κ2) is 16.8. The number of ether oxygens (including phenoxy) is 2. The normalized spacial score (nSPS) is 12.1. The highest BCUT2D eigenvalue weighted by atomic mass is 32.1. The van der Waals surface area contributed by atoms with Gasteiger partial charge in [0.1, 0.15) is 24.0 Å². The van der Waals surface area contributed by atoms with E-state index < -0.39 is 12.4 Å². The summed E-state index contributed by atoms with van der Waals surface area (Å²) in [5.41, 5.74) is 11.0. The quantitative estimate of drug-likeness (QED) is 0.110. The minimum absolute atomic E-state index is 0.0833. The molecule has 9 heteroatoms. The van der Waals surface area contributed by atoms with Crippen molar-refractivity contribution in [1.29, 1.82) is 0 Å². The Morgan fingerprint density at radius 3 is 2.36 bits per heavy atom. The molecule has 0 aliphatic rings. The van der Waals surface area contributed by atoms with Gasteiger partial charge >= 0.3 is 5.97 Å². The molecular weight excluding hydrogens is 516 g/mol. The molecule has 206 valence electrons. The van der Waals surface area contributed by atoms with E-state index in [2.05, 4.69) is 4.98 Å². The Labute approximate surface area is 232 Å². The van der Waals surface area contributed by atoms with Crippen LogP contribution in [-0.4, -0.2) is 41.3 Å². The Hall–Kier alpha value is -3.92. The number of aromatic nitrogens is 1. The Bertz CT molecular complexity index is 1270. The maximum absolute atomic E-state index is 11.8. The first-order valence-electron chi connectivity index (χ1n) is 12.3. The zero-order chi connectivity index (χ0) is 28.6. The zero-order valence-electron chi connectivity index (χ0n) is 22.3. The van der Waals surface area contributed by atoms with Crippen molar-refractivity contribution in [3.8, 4) is 5.75 Å². The summed E-state index contributed by atoms with van der Waals surface area (Å²) in [6.07, 6.45) is 4.52. The molecule has 2 aromatic carbocycles. The predicted octanol–water partition coefficient (Wildman–Crippen LogP) is 4.62. The molecule has 0 aliphatic heterocycles. The van der Waals surface area contributed by atoms with Crippen molar-refractivity contribution in [3.05, 3.63) is 99.0 Å². The highest BCUT2D eigenvalue weighted by Crippen LogP contribution is 2.23. The van der Waals surface area contributed by atoms with E-state index in [0.717, 1.165) is 33.2 Å². The van der Waals surface area contributed by atoms with Gasteiger partial charge in [-0.15, -0.1) is 11.3 Å². The smallest absolute Gasteiger partial charge is 0.333 e. The van der Waals surface area contributed by atoms with Crippen LogP contribution in [0.25, 0.3) is 6.08 Å². The number of carbonyl (C=O) groups excluding carboxylic acids is 3. The number of thiazole rings is 1. The van der Waals surface area contributed by atoms with Crippen LogP contribution in [0.2, 0.25) is 0 Å². The fourth-order valence-electron chi connectivity index (χ4n) is 3.30. The molecule has 1 heterocycles. The largest absolute Gasteiger partial charge is 0.489 e. The van der Waals surface area contributed by atoms with Gasteiger partial charge in [-0.25, -0.2) is 9.78 Å². The number of esters is 1. The molecule has 1 aromatic heterocycles. The topological polar surface area (TPSA) is 129 Å². The molecular formula is C30H34N2O6S. The number of benzene rings is 2. The van der Waals surface area contributed by atoms with Crippen LogP contribution in [0.3, 0.4) is 0 Å². The molecule has 39 heavy (non-hydrogen) atoms. The summed E-state index contributed by atoms with van der Waals surface area (Å²) in [5.74, 6) is -0.253. The average Bonchev–Trinajstić information content (AvgIpc) is 3.41. The minimum Gasteiger partial charge on any atom is -0.489 e. The number of rotatable bonds is 12. The molecule has 8 nitrogen and oxygen atoms in total. The molecule has 0 saturated carbocycles. The molecule has 0 aliphatic carbocycles. The molecule has 0 bridgehead atoms. The molecule has 0 saturated heterocycles. The predicted molar refractivity (Wildman–Crippen MR) is 152 cm³/mol. The Morgan fingerprint density at radius 2 is 1.77 bits per heavy atom. The van der Waals surface area contributed by atoms with Crippen LogP contribution in [0, 0.1) is 0 Å². The van der Waals surface area contributed by atoms with Crippen molar-refractivity contribution >= 4 is 35.5 Å². The number of carbonyl (C=O) groups is 3. The zero-order valence-corrected chi connectivity index (χ0v) is 23.1. The molecule has 1 unspecified atom stereocenters. The van der Waals surface area contributed by atoms with Crippen LogP contribution in [0.4, 0.5) is 0 Å². The molecule has 0 radical (unpaired) electrons. The molecule has 3 N–H and O–H groups in total. The van der Waals surface area contributed by atoms with Crippen molar-refractivity contribution in [2.75, 3.05) is 13.2 Å². The number of nitrogens with zero attached hydrogens (tertiary/aromatic N) is 1. The van der Waals surface area contributed by atoms with E-state index in [1.54, 1.807) is 31.3 Å². The standard InChI is InChI=1S/C27H30N2O3S.C3H4O3/c1-4-31-27(30)20(3)14-19(2)15-23-18-33-26(29-23)25(28)16-21-10-12-24(13-11-21)32-17-22-8-6-5-7-9-22;4-1-3(6)2-5/h5-15,18,25H,4,16-17,28H2,1-3H3;1,5H,2H2/b19-15+,20-14-;. The lowest BCUT2D eigenvalue weighted by Gasteiger charge is -2.10. The van der Waals surface area contributed by atoms with Crippen LogP contribution in [0.15, 0.2) is 77.2 Å². The van der Waals surface area contributed by atoms with Crippen molar-refractivity contribution in [1.82, 2.24) is 4.98 Å². The highest BCUT2D eigenvalue weighted by Gasteiger charge is 2.12. The Kier molecular flexibility index (Phi) is 13.5. The van der Waals surface area contributed by atoms with Crippen LogP contribution in [0.5, 0.6) is 5.75 Å². The van der Waals surface area contributed by atoms with E-state index in [9.17, 15) is 14.4 Å². The van der Waals surface area contributed by atoms with E-state index in [4.69, 9.17) is 20.3 Å². The summed E-state index contributed by atoms with van der Waals surface area (Å²) in [6.45, 7) is 5.71. The maximum Gasteiger partial charge on any atom is 0.333 e. The van der Waals surface area contributed by atoms with E-state index in [1.807, 2.05) is 73.0 Å². The lowest BCUT2D eigenvalue weighted by molar-refractivity contribution is -0.138. The number of ketones is 1. The summed E-state index contributed by atoms with van der Waals surface area (Å²) in [4.78, 5) is 35.2. The SMILES string of the molecule is CCOC(=O)/C(C)=C\C(C)=C\c1csc(C(N)Cc2ccc(OCc3ccccc3)cc2)n1.O=CC(=O)CO. The van der Waals surface area contributed by atoms with Gasteiger partial charge in [0.05, 0.1) is 18.3 Å². The number of nitrogens with two attached hydrogens (primary N) is 1. The van der Waals surface area contributed by atoms with Crippen LogP contribution in [0.1, 0.15) is 48.6 Å². The Morgan fingerprint density at radius 1 is 1.08 bits per heavy atom. The van der Waals surface area contributed by atoms with E-state index in [-0.39, 0.29) is 18.3 Å². The van der Waals surface area contributed by atoms with Gasteiger partial charge in [0.15, 0.2) is 6.29 Å². The van der Waals surface area contributed by atoms with E-state index in [0.29, 0.717) is 25.2 Å². The molecule has 0 amide bonds. The number of hydrogen-bond donors (Lipinski definition) is 2. The third-order valence-electron chi connectivity index (χ3n) is 5.19. The first-order valence-corrected chi connectivity index (χ1v) is 13.2. The van der Waals surface area contributed by atoms with Crippen molar-refractivity contribution < 1.29 is 29.0 Å². The van der Waals surface area contributed by atoms with Gasteiger partial charge in [-0.05, 0) is 68.2 Å². The third kappa shape index (κ3) is 11.6. The second-order valence-electron chi connectivity index (χ2n) is 8.52. The third-order valence-corrected chi connectivity index (χ3v) is 6.18. The van der Waals surface area contributed by atoms with Gasteiger partial charge in [0, 0.05) is 11.0 Å². The Balaban J connectivity index is 0.000000798. The van der Waals surface area contributed by atoms with Crippen LogP contribution in [-0.2, 0) is 32.1 Å². The fourth-order valence-corrected chi connectivity index (χ4v) is 4.08. The lowest BCUT2D eigenvalue weighted by Crippen LogP contribution is -2.13. The van der Waals surface area contributed by atoms with Gasteiger partial charge in [-0.3, -0.25) is 9.59 Å². The van der Waals surface area contributed by atoms with Gasteiger partial charge in [-0.2, -0.15) is 0 Å². The minimum atomic E-state index is -0.782. The first-order chi connectivity index (χ1) is 18.7. The van der Waals surface area contributed by atoms with E-state index >= 15 is 0 Å². The van der Waals surface area contributed by atoms with Gasteiger partial charge in [-0.1, -0.05) is 42.5 Å². The first kappa shape index (κ1) is 31.3. The molecule has 3 aromatic rings. The van der Waals surface area contributed by atoms with Crippen LogP contribution >= 0.6 is 11.3 Å². The van der Waals surface area contributed by atoms with Crippen LogP contribution < -0.4 is 10.5 Å². The van der Waals surface area contributed by atoms with Crippen molar-refractivity contribution in [2.45, 2.75) is 39.8 Å². The average molecular weight is 551 g/mol. The van der Waals surface area contributed by atoms with Gasteiger partial charge in [0.25, 0.3) is 0 Å². The molecule has 3 rings (SSSR count). The summed E-state index contributed by atoms with van der Waals surface area (Å²) < 4.78 is 10.9. The lowest BCUT2D eigenvalue weighted by atomic mass is 10.1. The second-order valence-corrected chi connectivity index (χ2v) is 9.41. The maximum atomic E-state index is 11.8. The van der Waals surface area contributed by atoms with Crippen molar-refractivity contribution in [3.63, 3.8) is 0 Å². The number of aldehydes is 1. The summed E-state index contributed by atoms with van der Waals surface area (Å²) in [6, 6.07) is 17.9. The molecule has 0 spiro atoms. The van der Waals surface area contributed by atoms with Gasteiger partial charge < -0.3 is 20.3 Å². The summed E-state index contributed by atoms with van der Waals surface area (Å²) in [5, 5.41) is 10.6. The fraction of sp³-hybridized carbons (Fsp3) is 0.267. The monoisotopic (exact) mass is 550 g/mol. The number of aliphatic hydroxyl groups is 1. The number of allylic oxidation sites excluding steroid dienone is 2. The molecule has 1 atom stereocenters. The number of aliphatic hydroxyl groups excluding tert-OH is 1. The van der Waals surface area contributed by atoms with E-state index in [1.165, 1.54) is 0 Å². The van der Waals surface area contributed by atoms with Gasteiger partial charge in [0.2, 0.25) is 5.78 Å². The summed E-state index contributed by atoms with van der Waals surface area (Å²) in [7, 11) is 0.